The molecule has 0 unspecified atom stereocenters. The second kappa shape index (κ2) is 7.28. The summed E-state index contributed by atoms with van der Waals surface area (Å²) in [6, 6.07) is 17.2. The van der Waals surface area contributed by atoms with Crippen molar-refractivity contribution >= 4 is 52.1 Å². The Morgan fingerprint density at radius 1 is 1.15 bits per heavy atom. The number of carbonyl (C=O) groups excluding carboxylic acids is 1. The van der Waals surface area contributed by atoms with E-state index in [-0.39, 0.29) is 11.6 Å². The van der Waals surface area contributed by atoms with Gasteiger partial charge in [0.2, 0.25) is 5.90 Å². The van der Waals surface area contributed by atoms with Gasteiger partial charge in [0.05, 0.1) is 11.4 Å². The molecule has 0 amide bonds. The monoisotopic (exact) mass is 489 g/mol. The summed E-state index contributed by atoms with van der Waals surface area (Å²) in [5.41, 5.74) is 3.12. The molecule has 0 N–H and O–H groups in total. The quantitative estimate of drug-likeness (QED) is 0.302. The van der Waals surface area contributed by atoms with Gasteiger partial charge in [-0.2, -0.15) is 5.10 Å². The number of carbonyl (C=O) groups is 1. The molecule has 27 heavy (non-hydrogen) atoms. The minimum atomic E-state index is -0.508. The van der Waals surface area contributed by atoms with Crippen LogP contribution < -0.4 is 0 Å². The highest BCUT2D eigenvalue weighted by molar-refractivity contribution is 14.1. The number of cyclic esters (lactones) is 1. The van der Waals surface area contributed by atoms with E-state index in [1.54, 1.807) is 10.8 Å². The molecule has 0 saturated heterocycles. The lowest BCUT2D eigenvalue weighted by molar-refractivity contribution is -0.129. The van der Waals surface area contributed by atoms with Crippen LogP contribution in [-0.4, -0.2) is 21.6 Å². The van der Waals surface area contributed by atoms with E-state index in [0.29, 0.717) is 16.4 Å². The topological polar surface area (TPSA) is 56.5 Å². The first-order chi connectivity index (χ1) is 13.0. The summed E-state index contributed by atoms with van der Waals surface area (Å²) in [5.74, 6) is -0.221. The van der Waals surface area contributed by atoms with Gasteiger partial charge in [-0.15, -0.1) is 0 Å². The van der Waals surface area contributed by atoms with Gasteiger partial charge in [-0.25, -0.2) is 14.5 Å². The van der Waals surface area contributed by atoms with Crippen molar-refractivity contribution in [1.82, 2.24) is 9.78 Å². The van der Waals surface area contributed by atoms with Gasteiger partial charge in [-0.3, -0.25) is 0 Å². The third-order valence-corrected chi connectivity index (χ3v) is 5.06. The van der Waals surface area contributed by atoms with Gasteiger partial charge in [0.1, 0.15) is 5.15 Å². The number of aliphatic imine (C=N–C) groups is 1. The van der Waals surface area contributed by atoms with Gasteiger partial charge >= 0.3 is 5.97 Å². The molecular weight excluding hydrogens is 477 g/mol. The summed E-state index contributed by atoms with van der Waals surface area (Å²) in [6.45, 7) is 1.84. The van der Waals surface area contributed by atoms with E-state index in [9.17, 15) is 4.79 Å². The zero-order chi connectivity index (χ0) is 19.0. The van der Waals surface area contributed by atoms with Crippen molar-refractivity contribution in [3.05, 3.63) is 85.8 Å². The van der Waals surface area contributed by atoms with Crippen molar-refractivity contribution in [2.75, 3.05) is 0 Å². The number of esters is 1. The standard InChI is InChI=1S/C20H13ClIN3O2/c1-12-16(18(21)25(24-12)15-8-3-2-4-9-15)11-17-20(26)27-19(23-17)13-6-5-7-14(22)10-13/h2-11H,1H3/b17-11-. The Bertz CT molecular complexity index is 1100. The number of halogens is 2. The molecule has 2 heterocycles. The van der Waals surface area contributed by atoms with E-state index in [2.05, 4.69) is 32.7 Å². The first-order valence-corrected chi connectivity index (χ1v) is 9.57. The van der Waals surface area contributed by atoms with Gasteiger partial charge in [0.15, 0.2) is 5.70 Å². The molecule has 7 heteroatoms. The van der Waals surface area contributed by atoms with Gasteiger partial charge in [-0.1, -0.05) is 35.9 Å². The molecule has 0 aliphatic carbocycles. The van der Waals surface area contributed by atoms with E-state index in [0.717, 1.165) is 14.8 Å². The van der Waals surface area contributed by atoms with Crippen LogP contribution in [-0.2, 0) is 9.53 Å². The molecule has 0 radical (unpaired) electrons. The minimum absolute atomic E-state index is 0.196. The second-order valence-electron chi connectivity index (χ2n) is 5.88. The van der Waals surface area contributed by atoms with E-state index in [1.165, 1.54) is 0 Å². The van der Waals surface area contributed by atoms with Crippen LogP contribution in [0.4, 0.5) is 0 Å². The van der Waals surface area contributed by atoms with Crippen LogP contribution >= 0.6 is 34.2 Å². The largest absolute Gasteiger partial charge is 0.402 e. The number of hydrogen-bond donors (Lipinski definition) is 0. The molecule has 0 bridgehead atoms. The molecule has 1 aliphatic heterocycles. The zero-order valence-corrected chi connectivity index (χ0v) is 17.1. The Hall–Kier alpha value is -2.45. The number of benzene rings is 2. The summed E-state index contributed by atoms with van der Waals surface area (Å²) in [4.78, 5) is 16.6. The smallest absolute Gasteiger partial charge is 0.363 e. The maximum atomic E-state index is 12.3. The third-order valence-electron chi connectivity index (χ3n) is 4.02. The summed E-state index contributed by atoms with van der Waals surface area (Å²) in [5, 5.41) is 4.89. The minimum Gasteiger partial charge on any atom is -0.402 e. The second-order valence-corrected chi connectivity index (χ2v) is 7.49. The molecule has 134 valence electrons. The fourth-order valence-electron chi connectivity index (χ4n) is 2.71. The fourth-order valence-corrected chi connectivity index (χ4v) is 3.58. The Morgan fingerprint density at radius 3 is 2.67 bits per heavy atom. The van der Waals surface area contributed by atoms with Crippen molar-refractivity contribution in [2.45, 2.75) is 6.92 Å². The molecule has 1 aromatic heterocycles. The molecule has 4 rings (SSSR count). The van der Waals surface area contributed by atoms with E-state index >= 15 is 0 Å². The van der Waals surface area contributed by atoms with Crippen molar-refractivity contribution in [3.63, 3.8) is 0 Å². The van der Waals surface area contributed by atoms with E-state index in [1.807, 2.05) is 61.5 Å². The number of ether oxygens (including phenoxy) is 1. The average molecular weight is 490 g/mol. The Morgan fingerprint density at radius 2 is 1.93 bits per heavy atom. The predicted octanol–water partition coefficient (Wildman–Crippen LogP) is 4.78. The first-order valence-electron chi connectivity index (χ1n) is 8.12. The lowest BCUT2D eigenvalue weighted by Crippen LogP contribution is -2.05. The summed E-state index contributed by atoms with van der Waals surface area (Å²) in [7, 11) is 0. The highest BCUT2D eigenvalue weighted by Gasteiger charge is 2.25. The van der Waals surface area contributed by atoms with E-state index in [4.69, 9.17) is 16.3 Å². The Balaban J connectivity index is 1.74. The lowest BCUT2D eigenvalue weighted by Gasteiger charge is -2.01. The number of para-hydroxylation sites is 1. The zero-order valence-electron chi connectivity index (χ0n) is 14.2. The Labute approximate surface area is 174 Å². The fraction of sp³-hybridized carbons (Fsp3) is 0.0500. The average Bonchev–Trinajstić information content (AvgIpc) is 3.17. The normalized spacial score (nSPS) is 15.1. The number of nitrogens with zero attached hydrogens (tertiary/aromatic N) is 3. The SMILES string of the molecule is Cc1nn(-c2ccccc2)c(Cl)c1/C=C1\N=C(c2cccc(I)c2)OC1=O. The lowest BCUT2D eigenvalue weighted by atomic mass is 10.2. The molecule has 2 aromatic carbocycles. The van der Waals surface area contributed by atoms with Gasteiger partial charge < -0.3 is 4.74 Å². The van der Waals surface area contributed by atoms with Crippen molar-refractivity contribution < 1.29 is 9.53 Å². The summed E-state index contributed by atoms with van der Waals surface area (Å²) in [6.07, 6.45) is 1.62. The van der Waals surface area contributed by atoms with E-state index < -0.39 is 5.97 Å². The van der Waals surface area contributed by atoms with Crippen LogP contribution in [0.1, 0.15) is 16.8 Å². The predicted molar refractivity (Wildman–Crippen MR) is 113 cm³/mol. The number of aromatic nitrogens is 2. The molecule has 5 nitrogen and oxygen atoms in total. The molecule has 0 fully saturated rings. The van der Waals surface area contributed by atoms with Gasteiger partial charge in [0, 0.05) is 14.7 Å². The molecule has 3 aromatic rings. The molecule has 0 spiro atoms. The van der Waals surface area contributed by atoms with Crippen LogP contribution in [0.25, 0.3) is 11.8 Å². The summed E-state index contributed by atoms with van der Waals surface area (Å²) >= 11 is 8.72. The van der Waals surface area contributed by atoms with Gasteiger partial charge in [0.25, 0.3) is 0 Å². The first kappa shape index (κ1) is 17.9. The maximum absolute atomic E-state index is 12.3. The van der Waals surface area contributed by atoms with Crippen molar-refractivity contribution in [1.29, 1.82) is 0 Å². The third kappa shape index (κ3) is 3.54. The molecule has 0 atom stereocenters. The van der Waals surface area contributed by atoms with Crippen LogP contribution in [0.3, 0.4) is 0 Å². The number of hydrogen-bond acceptors (Lipinski definition) is 4. The maximum Gasteiger partial charge on any atom is 0.363 e. The van der Waals surface area contributed by atoms with Crippen molar-refractivity contribution in [3.8, 4) is 5.69 Å². The molecule has 0 saturated carbocycles. The van der Waals surface area contributed by atoms with Crippen molar-refractivity contribution in [2.24, 2.45) is 4.99 Å². The number of aryl methyl sites for hydroxylation is 1. The van der Waals surface area contributed by atoms with Crippen LogP contribution in [0.5, 0.6) is 0 Å². The number of rotatable bonds is 3. The highest BCUT2D eigenvalue weighted by Crippen LogP contribution is 2.28. The molecular formula is C20H13ClIN3O2. The van der Waals surface area contributed by atoms with Crippen LogP contribution in [0, 0.1) is 10.5 Å². The van der Waals surface area contributed by atoms with Crippen LogP contribution in [0.15, 0.2) is 65.3 Å². The Kier molecular flexibility index (Phi) is 4.84. The molecule has 1 aliphatic rings. The van der Waals surface area contributed by atoms with Crippen LogP contribution in [0.2, 0.25) is 5.15 Å². The highest BCUT2D eigenvalue weighted by atomic mass is 127. The summed E-state index contributed by atoms with van der Waals surface area (Å²) < 4.78 is 7.99. The van der Waals surface area contributed by atoms with Gasteiger partial charge in [-0.05, 0) is 65.9 Å².